The number of hydrogen-bond donors (Lipinski definition) is 3. The number of amidine groups is 1. The zero-order valence-corrected chi connectivity index (χ0v) is 24.1. The third-order valence-corrected chi connectivity index (χ3v) is 8.15. The fourth-order valence-electron chi connectivity index (χ4n) is 5.49. The van der Waals surface area contributed by atoms with Gasteiger partial charge in [0.1, 0.15) is 11.9 Å². The average Bonchev–Trinajstić information content (AvgIpc) is 3.65. The van der Waals surface area contributed by atoms with Gasteiger partial charge in [-0.05, 0) is 50.3 Å². The van der Waals surface area contributed by atoms with Crippen LogP contribution in [0.15, 0.2) is 53.7 Å². The number of anilines is 1. The van der Waals surface area contributed by atoms with Gasteiger partial charge in [-0.25, -0.2) is 4.79 Å². The number of likely N-dealkylation sites (tertiary alicyclic amines) is 2. The first-order chi connectivity index (χ1) is 20.8. The summed E-state index contributed by atoms with van der Waals surface area (Å²) in [5.41, 5.74) is 1.25. The quantitative estimate of drug-likeness (QED) is 0.196. The van der Waals surface area contributed by atoms with Crippen LogP contribution >= 0.6 is 11.6 Å². The van der Waals surface area contributed by atoms with Crippen LogP contribution in [0, 0.1) is 17.2 Å². The fraction of sp³-hybridized carbons (Fsp3) is 0.355. The number of amides is 2. The van der Waals surface area contributed by atoms with Gasteiger partial charge in [0.2, 0.25) is 11.8 Å². The number of aromatic nitrogens is 1. The molecule has 2 aromatic carbocycles. The van der Waals surface area contributed by atoms with Crippen LogP contribution in [0.2, 0.25) is 5.02 Å². The smallest absolute Gasteiger partial charge is 0.335 e. The summed E-state index contributed by atoms with van der Waals surface area (Å²) in [5.74, 6) is -3.65. The van der Waals surface area contributed by atoms with Gasteiger partial charge in [-0.3, -0.25) is 19.4 Å². The number of H-pyrrole nitrogens is 1. The summed E-state index contributed by atoms with van der Waals surface area (Å²) < 4.78 is 0. The van der Waals surface area contributed by atoms with Crippen LogP contribution in [0.5, 0.6) is 0 Å². The van der Waals surface area contributed by atoms with Crippen molar-refractivity contribution in [2.75, 3.05) is 31.5 Å². The normalized spacial score (nSPS) is 18.3. The van der Waals surface area contributed by atoms with Gasteiger partial charge in [0.15, 0.2) is 11.7 Å². The summed E-state index contributed by atoms with van der Waals surface area (Å²) in [6.45, 7) is 1.75. The van der Waals surface area contributed by atoms with Crippen LogP contribution in [0.25, 0.3) is 10.9 Å². The number of carbonyl (C=O) groups excluding carboxylic acids is 3. The highest BCUT2D eigenvalue weighted by Crippen LogP contribution is 2.29. The van der Waals surface area contributed by atoms with Crippen molar-refractivity contribution in [3.8, 4) is 6.07 Å². The maximum absolute atomic E-state index is 13.7. The van der Waals surface area contributed by atoms with Gasteiger partial charge in [-0.2, -0.15) is 5.26 Å². The monoisotopic (exact) mass is 602 g/mol. The van der Waals surface area contributed by atoms with Crippen molar-refractivity contribution in [1.29, 1.82) is 5.26 Å². The molecule has 11 nitrogen and oxygen atoms in total. The van der Waals surface area contributed by atoms with Crippen molar-refractivity contribution in [2.45, 2.75) is 38.1 Å². The minimum absolute atomic E-state index is 0.00000377. The Kier molecular flexibility index (Phi) is 9.07. The minimum atomic E-state index is -1.44. The molecule has 1 aromatic heterocycles. The number of para-hydroxylation sites is 1. The van der Waals surface area contributed by atoms with E-state index in [1.807, 2.05) is 12.1 Å². The predicted octanol–water partition coefficient (Wildman–Crippen LogP) is 4.36. The molecule has 12 heteroatoms. The fourth-order valence-corrected chi connectivity index (χ4v) is 5.70. The summed E-state index contributed by atoms with van der Waals surface area (Å²) in [4.78, 5) is 62.6. The predicted molar refractivity (Wildman–Crippen MR) is 161 cm³/mol. The SMILES string of the molecule is N#CC(C(=O)c1ccc(C(=O)O)cc1)C(=N[C@H]1CCCCN(CC(=O)N2CCCC2)C1=O)Nc1cccc2c(Cl)c[nH]c12. The molecule has 222 valence electrons. The summed E-state index contributed by atoms with van der Waals surface area (Å²) in [6, 6.07) is 11.7. The number of nitrogens with zero attached hydrogens (tertiary/aromatic N) is 4. The third kappa shape index (κ3) is 6.54. The number of aliphatic imine (C=N–C) groups is 1. The van der Waals surface area contributed by atoms with Crippen LogP contribution in [0.3, 0.4) is 0 Å². The number of ketones is 1. The van der Waals surface area contributed by atoms with E-state index in [-0.39, 0.29) is 35.3 Å². The highest BCUT2D eigenvalue weighted by atomic mass is 35.5. The van der Waals surface area contributed by atoms with Gasteiger partial charge in [-0.15, -0.1) is 0 Å². The van der Waals surface area contributed by atoms with Gasteiger partial charge in [0.25, 0.3) is 0 Å². The van der Waals surface area contributed by atoms with Crippen LogP contribution in [0.4, 0.5) is 5.69 Å². The number of halogens is 1. The number of fused-ring (bicyclic) bond motifs is 1. The number of aromatic carboxylic acids is 1. The molecule has 2 amide bonds. The van der Waals surface area contributed by atoms with E-state index in [9.17, 15) is 29.5 Å². The Morgan fingerprint density at radius 3 is 2.47 bits per heavy atom. The second-order valence-corrected chi connectivity index (χ2v) is 11.1. The molecular weight excluding hydrogens is 572 g/mol. The molecule has 1 unspecified atom stereocenters. The molecule has 43 heavy (non-hydrogen) atoms. The lowest BCUT2D eigenvalue weighted by atomic mass is 9.96. The van der Waals surface area contributed by atoms with Crippen LogP contribution < -0.4 is 5.32 Å². The van der Waals surface area contributed by atoms with Gasteiger partial charge in [-0.1, -0.05) is 35.9 Å². The molecular formula is C31H31ClN6O5. The summed E-state index contributed by atoms with van der Waals surface area (Å²) in [6.07, 6.45) is 5.27. The Morgan fingerprint density at radius 2 is 1.77 bits per heavy atom. The number of Topliss-reactive ketones (excluding diaryl/α,β-unsaturated/α-hetero) is 1. The molecule has 5 rings (SSSR count). The van der Waals surface area contributed by atoms with Crippen molar-refractivity contribution in [3.05, 3.63) is 64.8 Å². The van der Waals surface area contributed by atoms with Gasteiger partial charge < -0.3 is 25.2 Å². The molecule has 2 fully saturated rings. The van der Waals surface area contributed by atoms with Gasteiger partial charge >= 0.3 is 5.97 Å². The molecule has 2 atom stereocenters. The molecule has 2 aliphatic rings. The zero-order valence-electron chi connectivity index (χ0n) is 23.4. The largest absolute Gasteiger partial charge is 0.478 e. The first-order valence-electron chi connectivity index (χ1n) is 14.2. The molecule has 3 aromatic rings. The summed E-state index contributed by atoms with van der Waals surface area (Å²) in [7, 11) is 0. The Balaban J connectivity index is 1.50. The summed E-state index contributed by atoms with van der Waals surface area (Å²) in [5, 5.41) is 23.8. The van der Waals surface area contributed by atoms with Crippen molar-refractivity contribution in [3.63, 3.8) is 0 Å². The second-order valence-electron chi connectivity index (χ2n) is 10.7. The number of aromatic amines is 1. The number of carbonyl (C=O) groups is 4. The first kappa shape index (κ1) is 29.8. The highest BCUT2D eigenvalue weighted by molar-refractivity contribution is 6.36. The standard InChI is InChI=1S/C31H31ClN6O5/c32-23-17-34-27-21(23)6-5-8-24(27)35-29(22(16-33)28(40)19-9-11-20(12-10-19)31(42)43)36-25-7-1-2-15-38(30(25)41)18-26(39)37-13-3-4-14-37/h5-6,8-12,17,22,25,34H,1-4,7,13-15,18H2,(H,35,36)(H,42,43)/t22?,25-/m0/s1. The number of rotatable bonds is 8. The molecule has 2 saturated heterocycles. The van der Waals surface area contributed by atoms with Gasteiger partial charge in [0.05, 0.1) is 34.4 Å². The Hall–Kier alpha value is -4.69. The Bertz CT molecular complexity index is 1620. The van der Waals surface area contributed by atoms with Gasteiger partial charge in [0, 0.05) is 36.8 Å². The molecule has 0 spiro atoms. The minimum Gasteiger partial charge on any atom is -0.478 e. The lowest BCUT2D eigenvalue weighted by Crippen LogP contribution is -2.45. The van der Waals surface area contributed by atoms with E-state index < -0.39 is 23.7 Å². The number of carboxylic acid groups (broad SMARTS) is 1. The third-order valence-electron chi connectivity index (χ3n) is 7.84. The van der Waals surface area contributed by atoms with Crippen LogP contribution in [-0.4, -0.2) is 81.5 Å². The van der Waals surface area contributed by atoms with Crippen molar-refractivity contribution >= 4 is 57.6 Å². The zero-order chi connectivity index (χ0) is 30.5. The maximum atomic E-state index is 13.7. The second kappa shape index (κ2) is 13.1. The van der Waals surface area contributed by atoms with E-state index >= 15 is 0 Å². The van der Waals surface area contributed by atoms with Crippen molar-refractivity contribution in [1.82, 2.24) is 14.8 Å². The number of carboxylic acids is 1. The molecule has 3 heterocycles. The summed E-state index contributed by atoms with van der Waals surface area (Å²) >= 11 is 6.32. The lowest BCUT2D eigenvalue weighted by molar-refractivity contribution is -0.140. The van der Waals surface area contributed by atoms with E-state index in [1.54, 1.807) is 23.2 Å². The molecule has 3 N–H and O–H groups in total. The Morgan fingerprint density at radius 1 is 1.07 bits per heavy atom. The van der Waals surface area contributed by atoms with E-state index in [4.69, 9.17) is 16.6 Å². The van der Waals surface area contributed by atoms with Crippen LogP contribution in [0.1, 0.15) is 52.8 Å². The van der Waals surface area contributed by atoms with E-state index in [0.717, 1.165) is 12.8 Å². The molecule has 0 aliphatic carbocycles. The number of nitriles is 1. The van der Waals surface area contributed by atoms with Crippen molar-refractivity contribution in [2.24, 2.45) is 10.9 Å². The molecule has 0 saturated carbocycles. The maximum Gasteiger partial charge on any atom is 0.335 e. The first-order valence-corrected chi connectivity index (χ1v) is 14.6. The number of benzene rings is 2. The molecule has 0 bridgehead atoms. The Labute approximate surface area is 253 Å². The van der Waals surface area contributed by atoms with E-state index in [0.29, 0.717) is 60.5 Å². The topological polar surface area (TPSA) is 159 Å². The highest BCUT2D eigenvalue weighted by Gasteiger charge is 2.33. The van der Waals surface area contributed by atoms with E-state index in [1.165, 1.54) is 29.2 Å². The van der Waals surface area contributed by atoms with Crippen LogP contribution in [-0.2, 0) is 9.59 Å². The average molecular weight is 603 g/mol. The van der Waals surface area contributed by atoms with E-state index in [2.05, 4.69) is 10.3 Å². The lowest BCUT2D eigenvalue weighted by Gasteiger charge is -2.26. The molecule has 2 aliphatic heterocycles. The number of nitrogens with one attached hydrogen (secondary N) is 2. The van der Waals surface area contributed by atoms with Crippen molar-refractivity contribution < 1.29 is 24.3 Å². The molecule has 0 radical (unpaired) electrons. The number of hydrogen-bond acceptors (Lipinski definition) is 6.